The van der Waals surface area contributed by atoms with Crippen LogP contribution in [0.2, 0.25) is 5.02 Å². The molecule has 1 saturated heterocycles. The standard InChI is InChI=1S/C13H15ClN4O2/c14-9-5-8(11(19)6-12(9)20)13-10(7-16-17-13)18-3-1-15-2-4-18/h5-7,15,19-20H,1-4H2,(H,16,17). The van der Waals surface area contributed by atoms with Gasteiger partial charge in [-0.15, -0.1) is 0 Å². The number of aromatic hydroxyl groups is 2. The molecule has 1 aliphatic heterocycles. The van der Waals surface area contributed by atoms with Crippen LogP contribution in [0.15, 0.2) is 18.3 Å². The highest BCUT2D eigenvalue weighted by atomic mass is 35.5. The van der Waals surface area contributed by atoms with Crippen LogP contribution in [0.25, 0.3) is 11.3 Å². The number of hydrogen-bond donors (Lipinski definition) is 4. The van der Waals surface area contributed by atoms with Crippen molar-refractivity contribution in [1.29, 1.82) is 0 Å². The van der Waals surface area contributed by atoms with Gasteiger partial charge in [-0.25, -0.2) is 0 Å². The van der Waals surface area contributed by atoms with Gasteiger partial charge in [0.25, 0.3) is 0 Å². The second-order valence-electron chi connectivity index (χ2n) is 4.69. The Hall–Kier alpha value is -1.92. The normalized spacial score (nSPS) is 15.6. The molecule has 1 fully saturated rings. The number of aromatic nitrogens is 2. The van der Waals surface area contributed by atoms with Gasteiger partial charge in [0.2, 0.25) is 0 Å². The fourth-order valence-corrected chi connectivity index (χ4v) is 2.54. The van der Waals surface area contributed by atoms with E-state index in [4.69, 9.17) is 11.6 Å². The maximum atomic E-state index is 10.0. The van der Waals surface area contributed by atoms with E-state index in [9.17, 15) is 10.2 Å². The first-order valence-electron chi connectivity index (χ1n) is 6.37. The molecule has 2 aromatic rings. The van der Waals surface area contributed by atoms with Gasteiger partial charge in [-0.2, -0.15) is 5.10 Å². The third-order valence-corrected chi connectivity index (χ3v) is 3.71. The van der Waals surface area contributed by atoms with Crippen molar-refractivity contribution in [3.05, 3.63) is 23.4 Å². The first-order chi connectivity index (χ1) is 9.66. The Bertz CT molecular complexity index is 623. The van der Waals surface area contributed by atoms with Crippen molar-refractivity contribution < 1.29 is 10.2 Å². The number of nitrogens with one attached hydrogen (secondary N) is 2. The number of anilines is 1. The van der Waals surface area contributed by atoms with Gasteiger partial charge in [0.1, 0.15) is 11.5 Å². The fraction of sp³-hybridized carbons (Fsp3) is 0.308. The van der Waals surface area contributed by atoms with Gasteiger partial charge in [0.15, 0.2) is 0 Å². The van der Waals surface area contributed by atoms with Gasteiger partial charge < -0.3 is 20.4 Å². The lowest BCUT2D eigenvalue weighted by atomic mass is 10.1. The molecule has 6 nitrogen and oxygen atoms in total. The molecule has 106 valence electrons. The second kappa shape index (κ2) is 5.22. The van der Waals surface area contributed by atoms with Crippen molar-refractivity contribution >= 4 is 17.3 Å². The molecular formula is C13H15ClN4O2. The Morgan fingerprint density at radius 2 is 1.90 bits per heavy atom. The van der Waals surface area contributed by atoms with Gasteiger partial charge in [0.05, 0.1) is 22.6 Å². The fourth-order valence-electron chi connectivity index (χ4n) is 2.37. The number of hydrogen-bond acceptors (Lipinski definition) is 5. The monoisotopic (exact) mass is 294 g/mol. The zero-order valence-corrected chi connectivity index (χ0v) is 11.5. The maximum absolute atomic E-state index is 10.0. The molecule has 3 rings (SSSR count). The molecule has 2 heterocycles. The summed E-state index contributed by atoms with van der Waals surface area (Å²) in [7, 11) is 0. The van der Waals surface area contributed by atoms with Crippen molar-refractivity contribution in [3.63, 3.8) is 0 Å². The Morgan fingerprint density at radius 1 is 1.15 bits per heavy atom. The van der Waals surface area contributed by atoms with E-state index in [1.165, 1.54) is 12.1 Å². The van der Waals surface area contributed by atoms with Crippen LogP contribution in [0.3, 0.4) is 0 Å². The average Bonchev–Trinajstić information content (AvgIpc) is 2.93. The lowest BCUT2D eigenvalue weighted by Gasteiger charge is -2.29. The summed E-state index contributed by atoms with van der Waals surface area (Å²) in [5.74, 6) is -0.177. The molecule has 0 bridgehead atoms. The summed E-state index contributed by atoms with van der Waals surface area (Å²) in [5.41, 5.74) is 2.15. The molecule has 0 radical (unpaired) electrons. The van der Waals surface area contributed by atoms with Crippen LogP contribution < -0.4 is 10.2 Å². The Kier molecular flexibility index (Phi) is 3.42. The molecule has 0 atom stereocenters. The molecule has 1 aromatic carbocycles. The van der Waals surface area contributed by atoms with Crippen LogP contribution in [0.4, 0.5) is 5.69 Å². The molecule has 1 aromatic heterocycles. The summed E-state index contributed by atoms with van der Waals surface area (Å²) in [5, 5.41) is 30.0. The van der Waals surface area contributed by atoms with Crippen LogP contribution in [-0.4, -0.2) is 46.6 Å². The number of H-pyrrole nitrogens is 1. The highest BCUT2D eigenvalue weighted by Crippen LogP contribution is 2.39. The van der Waals surface area contributed by atoms with Crippen LogP contribution in [0, 0.1) is 0 Å². The minimum Gasteiger partial charge on any atom is -0.507 e. The van der Waals surface area contributed by atoms with E-state index in [0.29, 0.717) is 11.3 Å². The van der Waals surface area contributed by atoms with Crippen LogP contribution >= 0.6 is 11.6 Å². The number of phenolic OH excluding ortho intramolecular Hbond substituents is 2. The van der Waals surface area contributed by atoms with E-state index in [0.717, 1.165) is 31.9 Å². The first kappa shape index (κ1) is 13.1. The third kappa shape index (κ3) is 2.28. The Balaban J connectivity index is 2.03. The van der Waals surface area contributed by atoms with E-state index in [1.807, 2.05) is 0 Å². The van der Waals surface area contributed by atoms with Crippen molar-refractivity contribution in [1.82, 2.24) is 15.5 Å². The van der Waals surface area contributed by atoms with E-state index in [2.05, 4.69) is 20.4 Å². The van der Waals surface area contributed by atoms with Gasteiger partial charge in [-0.1, -0.05) is 11.6 Å². The SMILES string of the molecule is Oc1cc(O)c(-c2[nH]ncc2N2CCNCC2)cc1Cl. The van der Waals surface area contributed by atoms with E-state index >= 15 is 0 Å². The first-order valence-corrected chi connectivity index (χ1v) is 6.75. The smallest absolute Gasteiger partial charge is 0.137 e. The highest BCUT2D eigenvalue weighted by molar-refractivity contribution is 6.32. The predicted octanol–water partition coefficient (Wildman–Crippen LogP) is 1.55. The van der Waals surface area contributed by atoms with E-state index in [1.54, 1.807) is 6.20 Å². The third-order valence-electron chi connectivity index (χ3n) is 3.41. The number of piperazine rings is 1. The number of nitrogens with zero attached hydrogens (tertiary/aromatic N) is 2. The molecule has 0 amide bonds. The number of halogens is 1. The van der Waals surface area contributed by atoms with E-state index < -0.39 is 0 Å². The van der Waals surface area contributed by atoms with Crippen molar-refractivity contribution in [2.24, 2.45) is 0 Å². The Labute approximate surface area is 121 Å². The molecule has 7 heteroatoms. The quantitative estimate of drug-likeness (QED) is 0.675. The number of rotatable bonds is 2. The number of aromatic amines is 1. The molecular weight excluding hydrogens is 280 g/mol. The minimum absolute atomic E-state index is 0.0347. The van der Waals surface area contributed by atoms with Crippen molar-refractivity contribution in [2.45, 2.75) is 0 Å². The van der Waals surface area contributed by atoms with Gasteiger partial charge in [0, 0.05) is 37.8 Å². The summed E-state index contributed by atoms with van der Waals surface area (Å²) < 4.78 is 0. The largest absolute Gasteiger partial charge is 0.507 e. The molecule has 4 N–H and O–H groups in total. The van der Waals surface area contributed by atoms with Crippen LogP contribution in [0.1, 0.15) is 0 Å². The van der Waals surface area contributed by atoms with E-state index in [-0.39, 0.29) is 16.5 Å². The predicted molar refractivity (Wildman–Crippen MR) is 77.4 cm³/mol. The van der Waals surface area contributed by atoms with Crippen molar-refractivity contribution in [3.8, 4) is 22.8 Å². The lowest BCUT2D eigenvalue weighted by molar-refractivity contribution is 0.452. The van der Waals surface area contributed by atoms with Crippen LogP contribution in [0.5, 0.6) is 11.5 Å². The van der Waals surface area contributed by atoms with Gasteiger partial charge >= 0.3 is 0 Å². The molecule has 0 unspecified atom stereocenters. The summed E-state index contributed by atoms with van der Waals surface area (Å²) in [4.78, 5) is 2.19. The van der Waals surface area contributed by atoms with Crippen molar-refractivity contribution in [2.75, 3.05) is 31.1 Å². The summed E-state index contributed by atoms with van der Waals surface area (Å²) >= 11 is 5.92. The number of phenols is 2. The summed E-state index contributed by atoms with van der Waals surface area (Å²) in [6, 6.07) is 2.77. The minimum atomic E-state index is -0.142. The zero-order valence-electron chi connectivity index (χ0n) is 10.7. The molecule has 0 aliphatic carbocycles. The molecule has 0 saturated carbocycles. The Morgan fingerprint density at radius 3 is 2.65 bits per heavy atom. The lowest BCUT2D eigenvalue weighted by Crippen LogP contribution is -2.43. The van der Waals surface area contributed by atoms with Crippen LogP contribution in [-0.2, 0) is 0 Å². The number of benzene rings is 1. The summed E-state index contributed by atoms with van der Waals surface area (Å²) in [6.45, 7) is 3.57. The topological polar surface area (TPSA) is 84.4 Å². The molecule has 1 aliphatic rings. The maximum Gasteiger partial charge on any atom is 0.137 e. The zero-order chi connectivity index (χ0) is 14.1. The summed E-state index contributed by atoms with van der Waals surface area (Å²) in [6.07, 6.45) is 1.74. The molecule has 20 heavy (non-hydrogen) atoms. The second-order valence-corrected chi connectivity index (χ2v) is 5.10. The highest BCUT2D eigenvalue weighted by Gasteiger charge is 2.20. The van der Waals surface area contributed by atoms with Gasteiger partial charge in [-0.05, 0) is 6.07 Å². The van der Waals surface area contributed by atoms with Gasteiger partial charge in [-0.3, -0.25) is 5.10 Å². The molecule has 0 spiro atoms. The average molecular weight is 295 g/mol.